The number of aryl methyl sites for hydroxylation is 1. The number of halogens is 1. The van der Waals surface area contributed by atoms with Gasteiger partial charge in [-0.1, -0.05) is 46.7 Å². The number of allylic oxidation sites excluding steroid dienone is 2. The van der Waals surface area contributed by atoms with Gasteiger partial charge in [0.1, 0.15) is 6.54 Å². The highest BCUT2D eigenvalue weighted by atomic mass is 35.5. The monoisotopic (exact) mass is 524 g/mol. The molecule has 192 valence electrons. The fourth-order valence-electron chi connectivity index (χ4n) is 6.71. The smallest absolute Gasteiger partial charge is 0.237 e. The molecule has 38 heavy (non-hydrogen) atoms. The summed E-state index contributed by atoms with van der Waals surface area (Å²) in [4.78, 5) is 3.66. The molecule has 0 aliphatic heterocycles. The number of pyridine rings is 1. The molecule has 7 rings (SSSR count). The van der Waals surface area contributed by atoms with E-state index in [1.165, 1.54) is 35.0 Å². The lowest BCUT2D eigenvalue weighted by atomic mass is 9.70. The summed E-state index contributed by atoms with van der Waals surface area (Å²) in [7, 11) is 0. The number of anilines is 1. The van der Waals surface area contributed by atoms with Gasteiger partial charge in [0.05, 0.1) is 17.6 Å². The van der Waals surface area contributed by atoms with E-state index in [-0.39, 0.29) is 0 Å². The van der Waals surface area contributed by atoms with E-state index in [2.05, 4.69) is 79.4 Å². The van der Waals surface area contributed by atoms with E-state index in [0.717, 1.165) is 66.1 Å². The molecule has 0 amide bonds. The Bertz CT molecular complexity index is 1680. The number of hydrogen-bond donors (Lipinski definition) is 2. The Hall–Kier alpha value is -3.64. The molecule has 3 heterocycles. The van der Waals surface area contributed by atoms with Gasteiger partial charge in [0.25, 0.3) is 0 Å². The molecule has 2 unspecified atom stereocenters. The first kappa shape index (κ1) is 23.5. The van der Waals surface area contributed by atoms with Crippen LogP contribution in [0.1, 0.15) is 55.0 Å². The van der Waals surface area contributed by atoms with Gasteiger partial charge in [-0.2, -0.15) is 4.68 Å². The Morgan fingerprint density at radius 2 is 2.05 bits per heavy atom. The molecule has 0 saturated heterocycles. The molecule has 2 aromatic carbocycles. The van der Waals surface area contributed by atoms with E-state index in [0.29, 0.717) is 11.8 Å². The maximum atomic E-state index is 6.73. The van der Waals surface area contributed by atoms with E-state index in [1.807, 2.05) is 12.1 Å². The molecule has 2 aliphatic rings. The predicted octanol–water partition coefficient (Wildman–Crippen LogP) is 5.75. The summed E-state index contributed by atoms with van der Waals surface area (Å²) in [6.45, 7) is 1.73. The summed E-state index contributed by atoms with van der Waals surface area (Å²) in [5.41, 5.74) is 15.3. The normalized spacial score (nSPS) is 18.6. The fourth-order valence-corrected chi connectivity index (χ4v) is 6.88. The second-order valence-electron chi connectivity index (χ2n) is 11.0. The molecule has 0 spiro atoms. The van der Waals surface area contributed by atoms with Gasteiger partial charge in [0.2, 0.25) is 11.2 Å². The van der Waals surface area contributed by atoms with Gasteiger partial charge in [0.15, 0.2) is 11.9 Å². The molecule has 2 bridgehead atoms. The molecular weight excluding hydrogens is 492 g/mol. The maximum absolute atomic E-state index is 6.73. The third-order valence-corrected chi connectivity index (χ3v) is 8.64. The van der Waals surface area contributed by atoms with Crippen LogP contribution in [0.4, 0.5) is 5.69 Å². The van der Waals surface area contributed by atoms with Crippen LogP contribution in [0.3, 0.4) is 0 Å². The van der Waals surface area contributed by atoms with Gasteiger partial charge >= 0.3 is 0 Å². The Morgan fingerprint density at radius 1 is 1.13 bits per heavy atom. The van der Waals surface area contributed by atoms with E-state index in [9.17, 15) is 0 Å². The molecule has 0 radical (unpaired) electrons. The number of aromatic nitrogens is 5. The Morgan fingerprint density at radius 3 is 3.00 bits per heavy atom. The van der Waals surface area contributed by atoms with Crippen LogP contribution in [0.5, 0.6) is 0 Å². The Labute approximate surface area is 227 Å². The maximum Gasteiger partial charge on any atom is 0.237 e. The second-order valence-corrected chi connectivity index (χ2v) is 11.5. The van der Waals surface area contributed by atoms with Crippen LogP contribution in [0, 0.1) is 5.92 Å². The van der Waals surface area contributed by atoms with Crippen LogP contribution in [0.25, 0.3) is 21.8 Å². The first-order chi connectivity index (χ1) is 18.6. The number of aromatic amines is 2. The number of hydrogen-bond acceptors (Lipinski definition) is 2. The highest BCUT2D eigenvalue weighted by molar-refractivity contribution is 6.31. The zero-order valence-electron chi connectivity index (χ0n) is 21.5. The molecular formula is C31H33ClN6+2. The van der Waals surface area contributed by atoms with Crippen molar-refractivity contribution in [2.45, 2.75) is 57.5 Å². The highest BCUT2D eigenvalue weighted by Gasteiger charge is 2.36. The van der Waals surface area contributed by atoms with Crippen LogP contribution in [0.2, 0.25) is 5.02 Å². The van der Waals surface area contributed by atoms with Gasteiger partial charge in [0, 0.05) is 39.9 Å². The molecule has 4 N–H and O–H groups in total. The van der Waals surface area contributed by atoms with Crippen LogP contribution in [-0.2, 0) is 19.5 Å². The lowest BCUT2D eigenvalue weighted by Gasteiger charge is -2.34. The van der Waals surface area contributed by atoms with E-state index >= 15 is 0 Å². The quantitative estimate of drug-likeness (QED) is 0.161. The molecule has 2 atom stereocenters. The fraction of sp³-hybridized carbons (Fsp3) is 0.323. The van der Waals surface area contributed by atoms with Crippen molar-refractivity contribution in [3.8, 4) is 0 Å². The minimum atomic E-state index is 0.509. The third-order valence-electron chi connectivity index (χ3n) is 8.40. The van der Waals surface area contributed by atoms with Gasteiger partial charge in [-0.3, -0.25) is 0 Å². The predicted molar refractivity (Wildman–Crippen MR) is 151 cm³/mol. The Kier molecular flexibility index (Phi) is 5.92. The molecule has 0 saturated carbocycles. The molecule has 0 fully saturated rings. The molecule has 7 heteroatoms. The SMILES string of the molecule is Nc1c2c([nH+]c3cc(Cl)ccc13)CC1C=C(CCCC[n+]3cc(Cn4ccc5ccccc54)n[nH]3)CC2C1. The van der Waals surface area contributed by atoms with Crippen LogP contribution < -0.4 is 15.4 Å². The van der Waals surface area contributed by atoms with Gasteiger partial charge < -0.3 is 10.3 Å². The number of nitrogens with one attached hydrogen (secondary N) is 2. The summed E-state index contributed by atoms with van der Waals surface area (Å²) in [5, 5.41) is 10.8. The van der Waals surface area contributed by atoms with Gasteiger partial charge in [-0.05, 0) is 73.6 Å². The zero-order valence-corrected chi connectivity index (χ0v) is 22.2. The minimum Gasteiger partial charge on any atom is -0.398 e. The largest absolute Gasteiger partial charge is 0.398 e. The number of nitrogens with zero attached hydrogens (tertiary/aromatic N) is 3. The molecule has 5 aromatic rings. The van der Waals surface area contributed by atoms with E-state index < -0.39 is 0 Å². The van der Waals surface area contributed by atoms with E-state index in [1.54, 1.807) is 5.57 Å². The molecule has 6 nitrogen and oxygen atoms in total. The topological polar surface area (TPSA) is 77.7 Å². The summed E-state index contributed by atoms with van der Waals surface area (Å²) >= 11 is 6.24. The number of para-hydroxylation sites is 1. The van der Waals surface area contributed by atoms with Crippen molar-refractivity contribution >= 4 is 39.1 Å². The lowest BCUT2D eigenvalue weighted by Crippen LogP contribution is -2.35. The van der Waals surface area contributed by atoms with Crippen LogP contribution in [0.15, 0.2) is 72.6 Å². The number of benzene rings is 2. The standard InChI is InChI=1S/C31H31ClN6/c32-24-8-9-26-27(17-24)34-28-16-21-13-20(14-23(15-21)30(28)31(26)33)5-3-4-11-38-19-25(35-36-38)18-37-12-10-22-6-1-2-7-29(22)37/h1-2,6-10,12-13,17,19,21,23H,3-5,11,14-16,18H2,(H2,33,34)/p+2. The number of rotatable bonds is 7. The zero-order chi connectivity index (χ0) is 25.6. The van der Waals surface area contributed by atoms with Gasteiger partial charge in [-0.25, -0.2) is 4.98 Å². The first-order valence-electron chi connectivity index (χ1n) is 13.7. The van der Waals surface area contributed by atoms with E-state index in [4.69, 9.17) is 17.3 Å². The number of fused-ring (bicyclic) bond motifs is 6. The van der Waals surface area contributed by atoms with Crippen LogP contribution >= 0.6 is 11.6 Å². The van der Waals surface area contributed by atoms with Crippen molar-refractivity contribution in [3.63, 3.8) is 0 Å². The van der Waals surface area contributed by atoms with Crippen molar-refractivity contribution in [1.82, 2.24) is 14.9 Å². The van der Waals surface area contributed by atoms with Crippen LogP contribution in [-0.4, -0.2) is 14.9 Å². The number of unbranched alkanes of at least 4 members (excludes halogenated alkanes) is 1. The van der Waals surface area contributed by atoms with Crippen molar-refractivity contribution in [2.24, 2.45) is 5.92 Å². The van der Waals surface area contributed by atoms with Crippen molar-refractivity contribution in [2.75, 3.05) is 5.73 Å². The van der Waals surface area contributed by atoms with Gasteiger partial charge in [-0.15, -0.1) is 0 Å². The average molecular weight is 525 g/mol. The number of H-pyrrole nitrogens is 2. The molecule has 3 aromatic heterocycles. The summed E-state index contributed by atoms with van der Waals surface area (Å²) in [6, 6.07) is 16.6. The third kappa shape index (κ3) is 4.37. The Balaban J connectivity index is 0.964. The van der Waals surface area contributed by atoms with Crippen molar-refractivity contribution in [1.29, 1.82) is 0 Å². The lowest BCUT2D eigenvalue weighted by molar-refractivity contribution is -0.754. The van der Waals surface area contributed by atoms with Crippen molar-refractivity contribution in [3.05, 3.63) is 94.5 Å². The van der Waals surface area contributed by atoms with Crippen molar-refractivity contribution < 1.29 is 9.67 Å². The summed E-state index contributed by atoms with van der Waals surface area (Å²) in [6.07, 6.45) is 13.7. The first-order valence-corrected chi connectivity index (χ1v) is 14.1. The summed E-state index contributed by atoms with van der Waals surface area (Å²) in [5.74, 6) is 1.10. The highest BCUT2D eigenvalue weighted by Crippen LogP contribution is 2.46. The second kappa shape index (κ2) is 9.59. The molecule has 2 aliphatic carbocycles. The number of nitrogens with two attached hydrogens (primary N) is 1. The number of nitrogen functional groups attached to an aromatic ring is 1. The average Bonchev–Trinajstić information content (AvgIpc) is 3.53. The minimum absolute atomic E-state index is 0.509. The summed E-state index contributed by atoms with van der Waals surface area (Å²) < 4.78 is 4.37.